The van der Waals surface area contributed by atoms with E-state index in [1.54, 1.807) is 6.07 Å². The zero-order valence-corrected chi connectivity index (χ0v) is 17.2. The molecule has 0 spiro atoms. The van der Waals surface area contributed by atoms with Crippen molar-refractivity contribution in [1.82, 2.24) is 30.0 Å². The van der Waals surface area contributed by atoms with Crippen LogP contribution in [0.5, 0.6) is 5.75 Å². The maximum atomic E-state index is 14.4. The van der Waals surface area contributed by atoms with E-state index in [1.807, 2.05) is 20.3 Å². The van der Waals surface area contributed by atoms with Crippen LogP contribution in [0.2, 0.25) is 0 Å². The number of aromatic nitrogens is 4. The predicted molar refractivity (Wildman–Crippen MR) is 112 cm³/mol. The summed E-state index contributed by atoms with van der Waals surface area (Å²) in [5, 5.41) is 7.26. The van der Waals surface area contributed by atoms with Gasteiger partial charge in [-0.05, 0) is 27.6 Å². The molecular formula is C20H28FN7O. The number of ether oxygens (including phenoxy) is 1. The van der Waals surface area contributed by atoms with Gasteiger partial charge in [0.1, 0.15) is 5.69 Å². The molecule has 1 aromatic carbocycles. The minimum Gasteiger partial charge on any atom is -0.490 e. The van der Waals surface area contributed by atoms with Crippen LogP contribution in [0.1, 0.15) is 6.42 Å². The van der Waals surface area contributed by atoms with Crippen LogP contribution in [0.25, 0.3) is 22.6 Å². The van der Waals surface area contributed by atoms with Gasteiger partial charge in [-0.2, -0.15) is 5.10 Å². The van der Waals surface area contributed by atoms with Crippen molar-refractivity contribution in [2.45, 2.75) is 6.42 Å². The largest absolute Gasteiger partial charge is 0.490 e. The number of piperazine rings is 1. The van der Waals surface area contributed by atoms with Gasteiger partial charge in [-0.15, -0.1) is 0 Å². The average Bonchev–Trinajstić information content (AvgIpc) is 3.32. The van der Waals surface area contributed by atoms with Crippen LogP contribution in [-0.2, 0) is 0 Å². The smallest absolute Gasteiger partial charge is 0.167 e. The zero-order chi connectivity index (χ0) is 20.4. The molecule has 1 saturated heterocycles. The number of aromatic amines is 2. The molecule has 2 aromatic heterocycles. The minimum atomic E-state index is -0.388. The molecule has 0 aliphatic carbocycles. The molecule has 1 aliphatic heterocycles. The maximum absolute atomic E-state index is 14.4. The Bertz CT molecular complexity index is 959. The molecule has 0 unspecified atom stereocenters. The van der Waals surface area contributed by atoms with Gasteiger partial charge in [-0.25, -0.2) is 9.37 Å². The number of anilines is 1. The van der Waals surface area contributed by atoms with Gasteiger partial charge >= 0.3 is 0 Å². The Morgan fingerprint density at radius 3 is 2.76 bits per heavy atom. The fraction of sp³-hybridized carbons (Fsp3) is 0.500. The summed E-state index contributed by atoms with van der Waals surface area (Å²) in [6.45, 7) is 5.23. The first-order valence-corrected chi connectivity index (χ1v) is 9.95. The van der Waals surface area contributed by atoms with E-state index < -0.39 is 0 Å². The molecule has 0 bridgehead atoms. The fourth-order valence-corrected chi connectivity index (χ4v) is 3.54. The van der Waals surface area contributed by atoms with Gasteiger partial charge in [-0.1, -0.05) is 0 Å². The van der Waals surface area contributed by atoms with Gasteiger partial charge in [0.05, 0.1) is 29.5 Å². The Balaban J connectivity index is 1.55. The number of benzene rings is 1. The van der Waals surface area contributed by atoms with E-state index in [0.29, 0.717) is 23.5 Å². The van der Waals surface area contributed by atoms with E-state index >= 15 is 0 Å². The quantitative estimate of drug-likeness (QED) is 0.591. The topological polar surface area (TPSA) is 76.3 Å². The van der Waals surface area contributed by atoms with Crippen LogP contribution in [0.15, 0.2) is 18.3 Å². The van der Waals surface area contributed by atoms with Crippen LogP contribution >= 0.6 is 0 Å². The van der Waals surface area contributed by atoms with Crippen LogP contribution in [0, 0.1) is 5.82 Å². The highest BCUT2D eigenvalue weighted by Crippen LogP contribution is 2.31. The Hall–Kier alpha value is -2.65. The highest BCUT2D eigenvalue weighted by molar-refractivity contribution is 5.83. The number of hydrogen-bond donors (Lipinski definition) is 2. The Kier molecular flexibility index (Phi) is 5.68. The molecule has 4 rings (SSSR count). The molecule has 1 fully saturated rings. The predicted octanol–water partition coefficient (Wildman–Crippen LogP) is 2.17. The fourth-order valence-electron chi connectivity index (χ4n) is 3.54. The lowest BCUT2D eigenvalue weighted by Crippen LogP contribution is -2.44. The summed E-state index contributed by atoms with van der Waals surface area (Å²) >= 11 is 0. The number of rotatable bonds is 7. The number of nitrogens with zero attached hydrogens (tertiary/aromatic N) is 5. The number of H-pyrrole nitrogens is 2. The Morgan fingerprint density at radius 1 is 1.21 bits per heavy atom. The van der Waals surface area contributed by atoms with Gasteiger partial charge in [-0.3, -0.25) is 5.10 Å². The van der Waals surface area contributed by atoms with E-state index in [2.05, 4.69) is 41.9 Å². The van der Waals surface area contributed by atoms with Gasteiger partial charge in [0, 0.05) is 44.9 Å². The minimum absolute atomic E-state index is 0.234. The van der Waals surface area contributed by atoms with E-state index in [-0.39, 0.29) is 11.6 Å². The van der Waals surface area contributed by atoms with Gasteiger partial charge in [0.15, 0.2) is 17.4 Å². The first-order chi connectivity index (χ1) is 14.0. The molecule has 0 saturated carbocycles. The molecule has 3 heterocycles. The normalized spacial score (nSPS) is 15.6. The van der Waals surface area contributed by atoms with E-state index in [9.17, 15) is 4.39 Å². The van der Waals surface area contributed by atoms with Crippen LogP contribution in [0.4, 0.5) is 10.1 Å². The highest BCUT2D eigenvalue weighted by atomic mass is 19.1. The summed E-state index contributed by atoms with van der Waals surface area (Å²) in [5.41, 5.74) is 3.14. The number of nitrogens with one attached hydrogen (secondary N) is 2. The maximum Gasteiger partial charge on any atom is 0.167 e. The summed E-state index contributed by atoms with van der Waals surface area (Å²) in [4.78, 5) is 14.6. The molecule has 0 amide bonds. The van der Waals surface area contributed by atoms with Crippen molar-refractivity contribution in [2.24, 2.45) is 0 Å². The van der Waals surface area contributed by atoms with Crippen LogP contribution < -0.4 is 9.64 Å². The second-order valence-electron chi connectivity index (χ2n) is 7.81. The molecular weight excluding hydrogens is 373 g/mol. The van der Waals surface area contributed by atoms with Crippen LogP contribution in [0.3, 0.4) is 0 Å². The van der Waals surface area contributed by atoms with E-state index in [4.69, 9.17) is 4.74 Å². The first kappa shape index (κ1) is 19.7. The summed E-state index contributed by atoms with van der Waals surface area (Å²) in [7, 11) is 6.13. The third-order valence-electron chi connectivity index (χ3n) is 5.24. The zero-order valence-electron chi connectivity index (χ0n) is 17.2. The number of likely N-dealkylation sites (N-methyl/N-ethyl adjacent to an activating group) is 1. The summed E-state index contributed by atoms with van der Waals surface area (Å²) < 4.78 is 20.1. The summed E-state index contributed by atoms with van der Waals surface area (Å²) in [5.74, 6) is 0.496. The standard InChI is InChI=1S/C20H28FN7O/c1-26(2)5-4-10-29-18-12-16-15(11-14(18)21)23-20(24-16)19-17(13-22-25-19)28-8-6-27(3)7-9-28/h11-13H,4-10H2,1-3H3,(H,22,25)(H,23,24). The molecule has 156 valence electrons. The average molecular weight is 401 g/mol. The van der Waals surface area contributed by atoms with Crippen molar-refractivity contribution in [2.75, 3.05) is 65.4 Å². The lowest BCUT2D eigenvalue weighted by molar-refractivity contribution is 0.271. The second-order valence-corrected chi connectivity index (χ2v) is 7.81. The molecule has 0 atom stereocenters. The summed E-state index contributed by atoms with van der Waals surface area (Å²) in [6, 6.07) is 3.10. The van der Waals surface area contributed by atoms with E-state index in [1.165, 1.54) is 6.07 Å². The van der Waals surface area contributed by atoms with Crippen molar-refractivity contribution in [3.05, 3.63) is 24.1 Å². The number of fused-ring (bicyclic) bond motifs is 1. The molecule has 8 nitrogen and oxygen atoms in total. The first-order valence-electron chi connectivity index (χ1n) is 9.95. The molecule has 0 radical (unpaired) electrons. The second kappa shape index (κ2) is 8.38. The van der Waals surface area contributed by atoms with Crippen LogP contribution in [-0.4, -0.2) is 90.4 Å². The lowest BCUT2D eigenvalue weighted by Gasteiger charge is -2.33. The number of hydrogen-bond acceptors (Lipinski definition) is 6. The number of imidazole rings is 1. The Labute approximate surface area is 169 Å². The molecule has 2 N–H and O–H groups in total. The van der Waals surface area contributed by atoms with E-state index in [0.717, 1.165) is 50.5 Å². The van der Waals surface area contributed by atoms with Crippen molar-refractivity contribution in [3.8, 4) is 17.3 Å². The molecule has 1 aliphatic rings. The third-order valence-corrected chi connectivity index (χ3v) is 5.24. The molecule has 9 heteroatoms. The van der Waals surface area contributed by atoms with Gasteiger partial charge < -0.3 is 24.4 Å². The third kappa shape index (κ3) is 4.35. The lowest BCUT2D eigenvalue weighted by atomic mass is 10.2. The highest BCUT2D eigenvalue weighted by Gasteiger charge is 2.21. The Morgan fingerprint density at radius 2 is 2.00 bits per heavy atom. The van der Waals surface area contributed by atoms with Gasteiger partial charge in [0.25, 0.3) is 0 Å². The SMILES string of the molecule is CN(C)CCCOc1cc2nc(-c3[nH]ncc3N3CCN(C)CC3)[nH]c2cc1F. The van der Waals surface area contributed by atoms with Crippen molar-refractivity contribution in [1.29, 1.82) is 0 Å². The van der Waals surface area contributed by atoms with Gasteiger partial charge in [0.2, 0.25) is 0 Å². The monoisotopic (exact) mass is 401 g/mol. The summed E-state index contributed by atoms with van der Waals surface area (Å²) in [6.07, 6.45) is 2.66. The number of halogens is 1. The molecule has 29 heavy (non-hydrogen) atoms. The van der Waals surface area contributed by atoms with Crippen molar-refractivity contribution < 1.29 is 9.13 Å². The van der Waals surface area contributed by atoms with Crippen molar-refractivity contribution in [3.63, 3.8) is 0 Å². The molecule has 3 aromatic rings. The van der Waals surface area contributed by atoms with Crippen molar-refractivity contribution >= 4 is 16.7 Å².